The molecule has 0 radical (unpaired) electrons. The van der Waals surface area contributed by atoms with Gasteiger partial charge in [-0.25, -0.2) is 4.98 Å². The van der Waals surface area contributed by atoms with Gasteiger partial charge in [-0.1, -0.05) is 41.4 Å². The molecular formula is C16H12Cl2N2O2. The van der Waals surface area contributed by atoms with Crippen molar-refractivity contribution in [3.05, 3.63) is 64.1 Å². The molecule has 1 aromatic carbocycles. The van der Waals surface area contributed by atoms with E-state index in [-0.39, 0.29) is 21.9 Å². The number of rotatable bonds is 3. The summed E-state index contributed by atoms with van der Waals surface area (Å²) < 4.78 is 5.73. The second-order valence-corrected chi connectivity index (χ2v) is 5.64. The molecule has 0 saturated carbocycles. The Bertz CT molecular complexity index is 812. The Morgan fingerprint density at radius 1 is 1.23 bits per heavy atom. The number of para-hydroxylation sites is 1. The summed E-state index contributed by atoms with van der Waals surface area (Å²) in [6.45, 7) is 1.83. The minimum absolute atomic E-state index is 0.0946. The lowest BCUT2D eigenvalue weighted by Gasteiger charge is -2.11. The molecule has 0 aliphatic carbocycles. The van der Waals surface area contributed by atoms with Crippen LogP contribution in [0.15, 0.2) is 46.9 Å². The first-order chi connectivity index (χ1) is 10.5. The smallest absolute Gasteiger partial charge is 0.272 e. The summed E-state index contributed by atoms with van der Waals surface area (Å²) in [5, 5.41) is 4.25. The number of nitrogens with one attached hydrogen (secondary N) is 1. The minimum Gasteiger partial charge on any atom is -0.459 e. The van der Waals surface area contributed by atoms with Crippen molar-refractivity contribution in [2.45, 2.75) is 13.0 Å². The molecule has 1 atom stereocenters. The fourth-order valence-corrected chi connectivity index (χ4v) is 2.47. The lowest BCUT2D eigenvalue weighted by atomic mass is 10.2. The molecule has 112 valence electrons. The quantitative estimate of drug-likeness (QED) is 0.710. The van der Waals surface area contributed by atoms with Gasteiger partial charge < -0.3 is 9.73 Å². The predicted molar refractivity (Wildman–Crippen MR) is 86.4 cm³/mol. The summed E-state index contributed by atoms with van der Waals surface area (Å²) >= 11 is 11.8. The van der Waals surface area contributed by atoms with Crippen molar-refractivity contribution in [3.63, 3.8) is 0 Å². The van der Waals surface area contributed by atoms with Crippen LogP contribution in [0.4, 0.5) is 0 Å². The van der Waals surface area contributed by atoms with Crippen molar-refractivity contribution < 1.29 is 9.21 Å². The maximum absolute atomic E-state index is 12.3. The summed E-state index contributed by atoms with van der Waals surface area (Å²) in [6.07, 6.45) is 0. The number of benzene rings is 1. The van der Waals surface area contributed by atoms with Gasteiger partial charge in [-0.3, -0.25) is 4.79 Å². The van der Waals surface area contributed by atoms with Gasteiger partial charge in [0.25, 0.3) is 5.91 Å². The largest absolute Gasteiger partial charge is 0.459 e. The van der Waals surface area contributed by atoms with E-state index in [2.05, 4.69) is 10.3 Å². The van der Waals surface area contributed by atoms with Gasteiger partial charge in [0.15, 0.2) is 0 Å². The molecule has 1 unspecified atom stereocenters. The van der Waals surface area contributed by atoms with Crippen LogP contribution >= 0.6 is 23.2 Å². The van der Waals surface area contributed by atoms with Crippen molar-refractivity contribution in [3.8, 4) is 0 Å². The van der Waals surface area contributed by atoms with Crippen LogP contribution < -0.4 is 5.32 Å². The van der Waals surface area contributed by atoms with Crippen molar-refractivity contribution in [1.82, 2.24) is 10.3 Å². The first-order valence-electron chi connectivity index (χ1n) is 6.66. The van der Waals surface area contributed by atoms with Gasteiger partial charge in [0.05, 0.1) is 11.1 Å². The van der Waals surface area contributed by atoms with Crippen LogP contribution in [0.3, 0.4) is 0 Å². The van der Waals surface area contributed by atoms with E-state index in [0.29, 0.717) is 5.76 Å². The number of hydrogen-bond acceptors (Lipinski definition) is 3. The maximum atomic E-state index is 12.3. The topological polar surface area (TPSA) is 55.1 Å². The zero-order valence-electron chi connectivity index (χ0n) is 11.6. The fraction of sp³-hybridized carbons (Fsp3) is 0.125. The molecule has 0 spiro atoms. The zero-order chi connectivity index (χ0) is 15.7. The number of carbonyl (C=O) groups excluding carboxylic acids is 1. The third kappa shape index (κ3) is 2.93. The maximum Gasteiger partial charge on any atom is 0.272 e. The molecule has 0 saturated heterocycles. The van der Waals surface area contributed by atoms with E-state index in [9.17, 15) is 4.79 Å². The molecule has 1 N–H and O–H groups in total. The number of furan rings is 1. The van der Waals surface area contributed by atoms with Crippen molar-refractivity contribution in [2.24, 2.45) is 0 Å². The monoisotopic (exact) mass is 334 g/mol. The average molecular weight is 335 g/mol. The highest BCUT2D eigenvalue weighted by molar-refractivity contribution is 6.34. The van der Waals surface area contributed by atoms with E-state index in [1.807, 2.05) is 37.3 Å². The van der Waals surface area contributed by atoms with E-state index in [0.717, 1.165) is 11.0 Å². The standard InChI is InChI=1S/C16H12Cl2N2O2/c1-9(13-8-10-4-2-3-5-12(10)22-13)19-16(21)15-11(17)6-7-14(18)20-15/h2-9H,1H3,(H,19,21). The van der Waals surface area contributed by atoms with Crippen LogP contribution in [0.5, 0.6) is 0 Å². The van der Waals surface area contributed by atoms with Gasteiger partial charge in [-0.15, -0.1) is 0 Å². The van der Waals surface area contributed by atoms with E-state index < -0.39 is 5.91 Å². The third-order valence-electron chi connectivity index (χ3n) is 3.25. The molecule has 0 aliphatic rings. The number of fused-ring (bicyclic) bond motifs is 1. The van der Waals surface area contributed by atoms with Crippen molar-refractivity contribution in [1.29, 1.82) is 0 Å². The normalized spacial score (nSPS) is 12.3. The number of hydrogen-bond donors (Lipinski definition) is 1. The molecule has 3 aromatic rings. The number of halogens is 2. The average Bonchev–Trinajstić information content (AvgIpc) is 2.93. The SMILES string of the molecule is CC(NC(=O)c1nc(Cl)ccc1Cl)c1cc2ccccc2o1. The predicted octanol–water partition coefficient (Wildman–Crippen LogP) is 4.63. The Labute approximate surface area is 137 Å². The lowest BCUT2D eigenvalue weighted by Crippen LogP contribution is -2.27. The number of pyridine rings is 1. The number of aromatic nitrogens is 1. The number of carbonyl (C=O) groups is 1. The lowest BCUT2D eigenvalue weighted by molar-refractivity contribution is 0.0931. The Hall–Kier alpha value is -2.04. The van der Waals surface area contributed by atoms with Crippen LogP contribution in [0.2, 0.25) is 10.2 Å². The van der Waals surface area contributed by atoms with Crippen molar-refractivity contribution >= 4 is 40.1 Å². The van der Waals surface area contributed by atoms with Crippen LogP contribution in [-0.4, -0.2) is 10.9 Å². The molecule has 2 aromatic heterocycles. The number of nitrogens with zero attached hydrogens (tertiary/aromatic N) is 1. The first kappa shape index (κ1) is 14.9. The Morgan fingerprint density at radius 2 is 2.00 bits per heavy atom. The molecule has 2 heterocycles. The summed E-state index contributed by atoms with van der Waals surface area (Å²) in [7, 11) is 0. The second kappa shape index (κ2) is 5.99. The minimum atomic E-state index is -0.402. The molecule has 0 bridgehead atoms. The first-order valence-corrected chi connectivity index (χ1v) is 7.41. The van der Waals surface area contributed by atoms with E-state index in [4.69, 9.17) is 27.6 Å². The van der Waals surface area contributed by atoms with Gasteiger partial charge in [0.1, 0.15) is 22.2 Å². The highest BCUT2D eigenvalue weighted by Gasteiger charge is 2.18. The van der Waals surface area contributed by atoms with Crippen LogP contribution in [-0.2, 0) is 0 Å². The summed E-state index contributed by atoms with van der Waals surface area (Å²) in [5.41, 5.74) is 0.870. The molecule has 6 heteroatoms. The highest BCUT2D eigenvalue weighted by Crippen LogP contribution is 2.24. The van der Waals surface area contributed by atoms with Gasteiger partial charge in [0, 0.05) is 5.39 Å². The molecule has 1 amide bonds. The summed E-state index contributed by atoms with van der Waals surface area (Å²) in [6, 6.07) is 12.3. The third-order valence-corrected chi connectivity index (χ3v) is 3.76. The number of amides is 1. The Kier molecular flexibility index (Phi) is 4.05. The molecule has 3 rings (SSSR count). The zero-order valence-corrected chi connectivity index (χ0v) is 13.2. The molecule has 0 aliphatic heterocycles. The fourth-order valence-electron chi connectivity index (χ4n) is 2.13. The van der Waals surface area contributed by atoms with E-state index >= 15 is 0 Å². The Balaban J connectivity index is 1.82. The summed E-state index contributed by atoms with van der Waals surface area (Å²) in [5.74, 6) is 0.258. The highest BCUT2D eigenvalue weighted by atomic mass is 35.5. The van der Waals surface area contributed by atoms with Gasteiger partial charge in [0.2, 0.25) is 0 Å². The van der Waals surface area contributed by atoms with Gasteiger partial charge in [-0.05, 0) is 31.2 Å². The van der Waals surface area contributed by atoms with Crippen LogP contribution in [0.1, 0.15) is 29.2 Å². The van der Waals surface area contributed by atoms with Crippen LogP contribution in [0, 0.1) is 0 Å². The molecule has 0 fully saturated rings. The molecule has 22 heavy (non-hydrogen) atoms. The Morgan fingerprint density at radius 3 is 2.77 bits per heavy atom. The second-order valence-electron chi connectivity index (χ2n) is 4.85. The summed E-state index contributed by atoms with van der Waals surface area (Å²) in [4.78, 5) is 16.2. The van der Waals surface area contributed by atoms with E-state index in [1.54, 1.807) is 0 Å². The van der Waals surface area contributed by atoms with Gasteiger partial charge in [-0.2, -0.15) is 0 Å². The van der Waals surface area contributed by atoms with Gasteiger partial charge >= 0.3 is 0 Å². The molecular weight excluding hydrogens is 323 g/mol. The van der Waals surface area contributed by atoms with E-state index in [1.165, 1.54) is 12.1 Å². The van der Waals surface area contributed by atoms with Crippen molar-refractivity contribution in [2.75, 3.05) is 0 Å². The molecule has 4 nitrogen and oxygen atoms in total. The van der Waals surface area contributed by atoms with Crippen LogP contribution in [0.25, 0.3) is 11.0 Å².